The normalized spacial score (nSPS) is 15.5. The van der Waals surface area contributed by atoms with Crippen molar-refractivity contribution in [1.82, 2.24) is 9.30 Å². The molecule has 3 aromatic rings. The van der Waals surface area contributed by atoms with Gasteiger partial charge in [-0.05, 0) is 56.6 Å². The molecule has 0 spiro atoms. The molecule has 0 amide bonds. The lowest BCUT2D eigenvalue weighted by Gasteiger charge is -2.26. The number of para-hydroxylation sites is 1. The first-order valence-corrected chi connectivity index (χ1v) is 9.41. The molecule has 1 aliphatic heterocycles. The van der Waals surface area contributed by atoms with Gasteiger partial charge in [-0.25, -0.2) is 0 Å². The van der Waals surface area contributed by atoms with Crippen LogP contribution >= 0.6 is 0 Å². The van der Waals surface area contributed by atoms with Gasteiger partial charge in [-0.3, -0.25) is 0 Å². The van der Waals surface area contributed by atoms with Crippen LogP contribution in [-0.2, 0) is 0 Å². The quantitative estimate of drug-likeness (QED) is 0.599. The van der Waals surface area contributed by atoms with Gasteiger partial charge in [0.1, 0.15) is 5.75 Å². The molecular formula is C22H26N2O. The Morgan fingerprint density at radius 1 is 0.920 bits per heavy atom. The van der Waals surface area contributed by atoms with Crippen molar-refractivity contribution in [1.29, 1.82) is 0 Å². The molecule has 130 valence electrons. The number of fused-ring (bicyclic) bond motifs is 1. The Hall–Kier alpha value is -2.26. The number of hydrogen-bond acceptors (Lipinski definition) is 2. The van der Waals surface area contributed by atoms with E-state index in [9.17, 15) is 0 Å². The highest BCUT2D eigenvalue weighted by atomic mass is 16.5. The summed E-state index contributed by atoms with van der Waals surface area (Å²) in [6, 6.07) is 16.8. The lowest BCUT2D eigenvalue weighted by atomic mass is 10.1. The van der Waals surface area contributed by atoms with E-state index in [2.05, 4.69) is 70.2 Å². The molecule has 0 radical (unpaired) electrons. The molecule has 3 heteroatoms. The first-order chi connectivity index (χ1) is 12.4. The maximum atomic E-state index is 6.14. The molecule has 3 heterocycles. The van der Waals surface area contributed by atoms with E-state index in [4.69, 9.17) is 4.74 Å². The third kappa shape index (κ3) is 3.88. The molecule has 0 unspecified atom stereocenters. The zero-order valence-corrected chi connectivity index (χ0v) is 14.7. The fourth-order valence-electron chi connectivity index (χ4n) is 3.69. The van der Waals surface area contributed by atoms with Gasteiger partial charge in [-0.1, -0.05) is 30.7 Å². The maximum Gasteiger partial charge on any atom is 0.127 e. The van der Waals surface area contributed by atoms with Crippen molar-refractivity contribution in [2.75, 3.05) is 26.2 Å². The minimum absolute atomic E-state index is 0.779. The van der Waals surface area contributed by atoms with Crippen LogP contribution in [0.3, 0.4) is 0 Å². The summed E-state index contributed by atoms with van der Waals surface area (Å²) in [4.78, 5) is 2.57. The average Bonchev–Trinajstić information content (AvgIpc) is 3.10. The van der Waals surface area contributed by atoms with Crippen molar-refractivity contribution in [3.8, 4) is 16.9 Å². The summed E-state index contributed by atoms with van der Waals surface area (Å²) in [5, 5.41) is 0. The predicted molar refractivity (Wildman–Crippen MR) is 103 cm³/mol. The second-order valence-electron chi connectivity index (χ2n) is 6.86. The van der Waals surface area contributed by atoms with Crippen LogP contribution in [0.25, 0.3) is 16.6 Å². The molecule has 0 N–H and O–H groups in total. The summed E-state index contributed by atoms with van der Waals surface area (Å²) in [5.74, 6) is 0.983. The summed E-state index contributed by atoms with van der Waals surface area (Å²) in [7, 11) is 0. The molecule has 3 nitrogen and oxygen atoms in total. The summed E-state index contributed by atoms with van der Waals surface area (Å²) in [6.07, 6.45) is 9.45. The molecule has 0 aliphatic carbocycles. The van der Waals surface area contributed by atoms with Gasteiger partial charge in [0.25, 0.3) is 0 Å². The number of ether oxygens (including phenoxy) is 1. The van der Waals surface area contributed by atoms with E-state index in [0.717, 1.165) is 25.3 Å². The van der Waals surface area contributed by atoms with Gasteiger partial charge in [-0.15, -0.1) is 0 Å². The summed E-state index contributed by atoms with van der Waals surface area (Å²) in [6.45, 7) is 4.45. The van der Waals surface area contributed by atoms with Crippen molar-refractivity contribution in [2.24, 2.45) is 0 Å². The number of rotatable bonds is 6. The van der Waals surface area contributed by atoms with E-state index in [1.54, 1.807) is 0 Å². The molecule has 1 aromatic carbocycles. The first-order valence-electron chi connectivity index (χ1n) is 9.41. The maximum absolute atomic E-state index is 6.14. The molecule has 0 saturated carbocycles. The second-order valence-corrected chi connectivity index (χ2v) is 6.86. The number of nitrogens with zero attached hydrogens (tertiary/aromatic N) is 2. The number of aromatic nitrogens is 1. The molecule has 2 aromatic heterocycles. The summed E-state index contributed by atoms with van der Waals surface area (Å²) >= 11 is 0. The Morgan fingerprint density at radius 2 is 1.76 bits per heavy atom. The van der Waals surface area contributed by atoms with Crippen LogP contribution in [0.15, 0.2) is 60.9 Å². The number of pyridine rings is 1. The van der Waals surface area contributed by atoms with Crippen molar-refractivity contribution in [2.45, 2.75) is 25.7 Å². The van der Waals surface area contributed by atoms with Gasteiger partial charge in [0.2, 0.25) is 0 Å². The third-order valence-electron chi connectivity index (χ3n) is 5.03. The van der Waals surface area contributed by atoms with Gasteiger partial charge in [0.15, 0.2) is 0 Å². The zero-order chi connectivity index (χ0) is 16.9. The van der Waals surface area contributed by atoms with E-state index >= 15 is 0 Å². The minimum atomic E-state index is 0.779. The van der Waals surface area contributed by atoms with Crippen LogP contribution in [0.1, 0.15) is 25.7 Å². The summed E-state index contributed by atoms with van der Waals surface area (Å²) < 4.78 is 8.30. The Kier molecular flexibility index (Phi) is 5.03. The van der Waals surface area contributed by atoms with Crippen LogP contribution in [0.5, 0.6) is 5.75 Å². The minimum Gasteiger partial charge on any atom is -0.493 e. The van der Waals surface area contributed by atoms with E-state index in [1.165, 1.54) is 49.0 Å². The monoisotopic (exact) mass is 334 g/mol. The molecule has 25 heavy (non-hydrogen) atoms. The predicted octanol–water partition coefficient (Wildman–Crippen LogP) is 4.86. The van der Waals surface area contributed by atoms with Crippen molar-refractivity contribution < 1.29 is 4.74 Å². The van der Waals surface area contributed by atoms with Crippen LogP contribution in [0.2, 0.25) is 0 Å². The number of likely N-dealkylation sites (tertiary alicyclic amines) is 1. The molecule has 4 rings (SSSR count). The van der Waals surface area contributed by atoms with Crippen molar-refractivity contribution in [3.05, 3.63) is 60.9 Å². The highest BCUT2D eigenvalue weighted by Crippen LogP contribution is 2.31. The number of piperidine rings is 1. The van der Waals surface area contributed by atoms with Crippen LogP contribution in [0.4, 0.5) is 0 Å². The van der Waals surface area contributed by atoms with Gasteiger partial charge in [0, 0.05) is 35.6 Å². The first kappa shape index (κ1) is 16.2. The van der Waals surface area contributed by atoms with E-state index in [0.29, 0.717) is 0 Å². The van der Waals surface area contributed by atoms with Gasteiger partial charge in [-0.2, -0.15) is 0 Å². The molecule has 0 bridgehead atoms. The Labute approximate surface area is 149 Å². The Balaban J connectivity index is 1.42. The third-order valence-corrected chi connectivity index (χ3v) is 5.03. The topological polar surface area (TPSA) is 16.9 Å². The van der Waals surface area contributed by atoms with Crippen LogP contribution in [-0.4, -0.2) is 35.5 Å². The SMILES string of the molecule is c1ccc(-c2cc3ccccn3c2)c(OCCCN2CCCCC2)c1. The van der Waals surface area contributed by atoms with Crippen molar-refractivity contribution in [3.63, 3.8) is 0 Å². The number of benzene rings is 1. The van der Waals surface area contributed by atoms with Crippen LogP contribution < -0.4 is 4.74 Å². The van der Waals surface area contributed by atoms with E-state index in [-0.39, 0.29) is 0 Å². The van der Waals surface area contributed by atoms with Gasteiger partial charge in [0.05, 0.1) is 6.61 Å². The second kappa shape index (κ2) is 7.75. The smallest absolute Gasteiger partial charge is 0.127 e. The largest absolute Gasteiger partial charge is 0.493 e. The molecule has 1 saturated heterocycles. The van der Waals surface area contributed by atoms with Gasteiger partial charge < -0.3 is 14.0 Å². The van der Waals surface area contributed by atoms with E-state index < -0.39 is 0 Å². The average molecular weight is 334 g/mol. The fourth-order valence-corrected chi connectivity index (χ4v) is 3.69. The Morgan fingerprint density at radius 3 is 2.64 bits per heavy atom. The highest BCUT2D eigenvalue weighted by Gasteiger charge is 2.11. The highest BCUT2D eigenvalue weighted by molar-refractivity contribution is 5.74. The Bertz CT molecular complexity index is 785. The molecule has 1 fully saturated rings. The molecular weight excluding hydrogens is 308 g/mol. The lowest BCUT2D eigenvalue weighted by molar-refractivity contribution is 0.205. The van der Waals surface area contributed by atoms with Gasteiger partial charge >= 0.3 is 0 Å². The van der Waals surface area contributed by atoms with Crippen LogP contribution in [0, 0.1) is 0 Å². The van der Waals surface area contributed by atoms with E-state index in [1.807, 2.05) is 0 Å². The number of hydrogen-bond donors (Lipinski definition) is 0. The van der Waals surface area contributed by atoms with Crippen molar-refractivity contribution >= 4 is 5.52 Å². The summed E-state index contributed by atoms with van der Waals surface area (Å²) in [5.41, 5.74) is 3.58. The fraction of sp³-hybridized carbons (Fsp3) is 0.364. The zero-order valence-electron chi connectivity index (χ0n) is 14.7. The molecule has 1 aliphatic rings. The standard InChI is InChI=1S/C22H26N2O/c1-5-12-23(13-6-1)14-8-16-25-22-11-3-2-10-21(22)19-17-20-9-4-7-15-24(20)18-19/h2-4,7,9-11,15,17-18H,1,5-6,8,12-14,16H2. The molecule has 0 atom stereocenters. The lowest BCUT2D eigenvalue weighted by Crippen LogP contribution is -2.31.